The standard InChI is InChI=1S/C15H13BrF2O/c1-10-6-8-11(9-7-10)14(16)12-4-2-3-5-13(12)19-15(17)18/h2-9,14-15H,1H3. The van der Waals surface area contributed by atoms with Crippen molar-refractivity contribution in [2.75, 3.05) is 0 Å². The van der Waals surface area contributed by atoms with E-state index in [-0.39, 0.29) is 10.6 Å². The molecular formula is C15H13BrF2O. The summed E-state index contributed by atoms with van der Waals surface area (Å²) in [6.07, 6.45) is 0. The van der Waals surface area contributed by atoms with Crippen LogP contribution in [0.1, 0.15) is 21.5 Å². The molecule has 1 unspecified atom stereocenters. The number of ether oxygens (including phenoxy) is 1. The first kappa shape index (κ1) is 14.0. The molecule has 0 radical (unpaired) electrons. The van der Waals surface area contributed by atoms with Crippen LogP contribution in [0.2, 0.25) is 0 Å². The van der Waals surface area contributed by atoms with Crippen molar-refractivity contribution in [3.05, 3.63) is 65.2 Å². The smallest absolute Gasteiger partial charge is 0.387 e. The molecule has 0 aliphatic rings. The van der Waals surface area contributed by atoms with Gasteiger partial charge in [-0.2, -0.15) is 8.78 Å². The van der Waals surface area contributed by atoms with Crippen molar-refractivity contribution in [3.63, 3.8) is 0 Å². The third kappa shape index (κ3) is 3.53. The Morgan fingerprint density at radius 3 is 2.26 bits per heavy atom. The fourth-order valence-corrected chi connectivity index (χ4v) is 2.49. The maximum Gasteiger partial charge on any atom is 0.387 e. The molecule has 0 bridgehead atoms. The Morgan fingerprint density at radius 1 is 1.00 bits per heavy atom. The van der Waals surface area contributed by atoms with Gasteiger partial charge < -0.3 is 4.74 Å². The number of para-hydroxylation sites is 1. The minimum Gasteiger partial charge on any atom is -0.434 e. The van der Waals surface area contributed by atoms with Gasteiger partial charge in [0.1, 0.15) is 5.75 Å². The zero-order valence-corrected chi connectivity index (χ0v) is 11.9. The molecule has 19 heavy (non-hydrogen) atoms. The molecule has 0 amide bonds. The Morgan fingerprint density at radius 2 is 1.63 bits per heavy atom. The summed E-state index contributed by atoms with van der Waals surface area (Å²) in [6.45, 7) is -0.820. The van der Waals surface area contributed by atoms with Gasteiger partial charge in [0.05, 0.1) is 4.83 Å². The van der Waals surface area contributed by atoms with Crippen LogP contribution in [0.3, 0.4) is 0 Å². The second kappa shape index (κ2) is 6.15. The van der Waals surface area contributed by atoms with E-state index in [1.54, 1.807) is 24.3 Å². The molecule has 100 valence electrons. The molecule has 4 heteroatoms. The van der Waals surface area contributed by atoms with E-state index in [1.165, 1.54) is 0 Å². The van der Waals surface area contributed by atoms with Crippen LogP contribution in [0.5, 0.6) is 5.75 Å². The molecule has 2 rings (SSSR count). The van der Waals surface area contributed by atoms with E-state index in [2.05, 4.69) is 20.7 Å². The van der Waals surface area contributed by atoms with Crippen LogP contribution in [0.25, 0.3) is 0 Å². The second-order valence-corrected chi connectivity index (χ2v) is 5.11. The van der Waals surface area contributed by atoms with E-state index >= 15 is 0 Å². The molecule has 0 N–H and O–H groups in total. The highest BCUT2D eigenvalue weighted by Crippen LogP contribution is 2.36. The van der Waals surface area contributed by atoms with E-state index in [9.17, 15) is 8.78 Å². The van der Waals surface area contributed by atoms with Crippen molar-refractivity contribution in [2.45, 2.75) is 18.4 Å². The van der Waals surface area contributed by atoms with Crippen molar-refractivity contribution in [1.29, 1.82) is 0 Å². The SMILES string of the molecule is Cc1ccc(C(Br)c2ccccc2OC(F)F)cc1. The summed E-state index contributed by atoms with van der Waals surface area (Å²) >= 11 is 3.53. The van der Waals surface area contributed by atoms with Gasteiger partial charge in [0.15, 0.2) is 0 Å². The molecule has 2 aromatic rings. The minimum absolute atomic E-state index is 0.178. The fraction of sp³-hybridized carbons (Fsp3) is 0.200. The summed E-state index contributed by atoms with van der Waals surface area (Å²) in [7, 11) is 0. The van der Waals surface area contributed by atoms with Gasteiger partial charge in [-0.15, -0.1) is 0 Å². The van der Waals surface area contributed by atoms with Crippen LogP contribution >= 0.6 is 15.9 Å². The van der Waals surface area contributed by atoms with Crippen molar-refractivity contribution in [2.24, 2.45) is 0 Å². The lowest BCUT2D eigenvalue weighted by molar-refractivity contribution is -0.0503. The zero-order chi connectivity index (χ0) is 13.8. The van der Waals surface area contributed by atoms with Gasteiger partial charge in [0.2, 0.25) is 0 Å². The molecule has 0 aliphatic carbocycles. The van der Waals surface area contributed by atoms with E-state index in [4.69, 9.17) is 0 Å². The summed E-state index contributed by atoms with van der Waals surface area (Å²) in [4.78, 5) is -0.178. The number of hydrogen-bond acceptors (Lipinski definition) is 1. The second-order valence-electron chi connectivity index (χ2n) is 4.19. The lowest BCUT2D eigenvalue weighted by atomic mass is 10.0. The van der Waals surface area contributed by atoms with Crippen molar-refractivity contribution < 1.29 is 13.5 Å². The van der Waals surface area contributed by atoms with E-state index in [0.717, 1.165) is 11.1 Å². The van der Waals surface area contributed by atoms with Gasteiger partial charge in [-0.1, -0.05) is 64.0 Å². The number of alkyl halides is 3. The average molecular weight is 327 g/mol. The number of rotatable bonds is 4. The Balaban J connectivity index is 2.32. The summed E-state index contributed by atoms with van der Waals surface area (Å²) < 4.78 is 29.3. The Bertz CT molecular complexity index is 540. The maximum atomic E-state index is 12.4. The monoisotopic (exact) mass is 326 g/mol. The lowest BCUT2D eigenvalue weighted by Crippen LogP contribution is -2.05. The molecule has 0 saturated heterocycles. The Kier molecular flexibility index (Phi) is 4.53. The Labute approximate surface area is 119 Å². The zero-order valence-electron chi connectivity index (χ0n) is 10.3. The normalized spacial score (nSPS) is 12.5. The molecule has 1 nitrogen and oxygen atoms in total. The maximum absolute atomic E-state index is 12.4. The summed E-state index contributed by atoms with van der Waals surface area (Å²) in [5.74, 6) is 0.194. The molecule has 0 heterocycles. The molecular weight excluding hydrogens is 314 g/mol. The quantitative estimate of drug-likeness (QED) is 0.712. The van der Waals surface area contributed by atoms with Crippen molar-refractivity contribution >= 4 is 15.9 Å². The Hall–Kier alpha value is -1.42. The number of benzene rings is 2. The number of hydrogen-bond donors (Lipinski definition) is 0. The first-order valence-electron chi connectivity index (χ1n) is 5.82. The highest BCUT2D eigenvalue weighted by atomic mass is 79.9. The fourth-order valence-electron chi connectivity index (χ4n) is 1.81. The predicted molar refractivity (Wildman–Crippen MR) is 75.0 cm³/mol. The summed E-state index contributed by atoms with van der Waals surface area (Å²) in [6, 6.07) is 14.7. The number of halogens is 3. The first-order valence-corrected chi connectivity index (χ1v) is 6.74. The summed E-state index contributed by atoms with van der Waals surface area (Å²) in [5, 5.41) is 0. The van der Waals surface area contributed by atoms with Crippen LogP contribution < -0.4 is 4.74 Å². The molecule has 0 aromatic heterocycles. The number of aryl methyl sites for hydroxylation is 1. The third-order valence-corrected chi connectivity index (χ3v) is 3.80. The van der Waals surface area contributed by atoms with Crippen LogP contribution in [0, 0.1) is 6.92 Å². The van der Waals surface area contributed by atoms with Crippen LogP contribution in [-0.2, 0) is 0 Å². The first-order chi connectivity index (χ1) is 9.08. The largest absolute Gasteiger partial charge is 0.434 e. The van der Waals surface area contributed by atoms with Gasteiger partial charge in [-0.3, -0.25) is 0 Å². The third-order valence-electron chi connectivity index (χ3n) is 2.78. The van der Waals surface area contributed by atoms with Crippen molar-refractivity contribution in [3.8, 4) is 5.75 Å². The van der Waals surface area contributed by atoms with Crippen LogP contribution in [0.15, 0.2) is 48.5 Å². The molecule has 0 spiro atoms. The molecule has 1 atom stereocenters. The molecule has 2 aromatic carbocycles. The topological polar surface area (TPSA) is 9.23 Å². The van der Waals surface area contributed by atoms with Gasteiger partial charge in [-0.05, 0) is 18.6 Å². The van der Waals surface area contributed by atoms with E-state index in [0.29, 0.717) is 5.56 Å². The lowest BCUT2D eigenvalue weighted by Gasteiger charge is -2.15. The highest BCUT2D eigenvalue weighted by Gasteiger charge is 2.17. The van der Waals surface area contributed by atoms with Gasteiger partial charge in [-0.25, -0.2) is 0 Å². The van der Waals surface area contributed by atoms with E-state index < -0.39 is 6.61 Å². The molecule has 0 fully saturated rings. The molecule has 0 aliphatic heterocycles. The highest BCUT2D eigenvalue weighted by molar-refractivity contribution is 9.09. The van der Waals surface area contributed by atoms with E-state index in [1.807, 2.05) is 31.2 Å². The predicted octanol–water partition coefficient (Wildman–Crippen LogP) is 5.08. The van der Waals surface area contributed by atoms with Gasteiger partial charge >= 0.3 is 6.61 Å². The summed E-state index contributed by atoms with van der Waals surface area (Å²) in [5.41, 5.74) is 2.84. The minimum atomic E-state index is -2.82. The van der Waals surface area contributed by atoms with Crippen LogP contribution in [-0.4, -0.2) is 6.61 Å². The van der Waals surface area contributed by atoms with Gasteiger partial charge in [0, 0.05) is 5.56 Å². The molecule has 0 saturated carbocycles. The van der Waals surface area contributed by atoms with Crippen LogP contribution in [0.4, 0.5) is 8.78 Å². The van der Waals surface area contributed by atoms with Gasteiger partial charge in [0.25, 0.3) is 0 Å². The van der Waals surface area contributed by atoms with Crippen molar-refractivity contribution in [1.82, 2.24) is 0 Å². The average Bonchev–Trinajstić information content (AvgIpc) is 2.39.